The average molecular weight is 256 g/mol. The summed E-state index contributed by atoms with van der Waals surface area (Å²) in [5.41, 5.74) is 0. The Labute approximate surface area is 101 Å². The number of carbonyl (C=O) groups excluding carboxylic acids is 1. The molecule has 1 aromatic heterocycles. The molecule has 1 aromatic rings. The third-order valence-corrected chi connectivity index (χ3v) is 3.12. The maximum absolute atomic E-state index is 11.5. The van der Waals surface area contributed by atoms with Crippen LogP contribution in [-0.2, 0) is 4.79 Å². The van der Waals surface area contributed by atoms with Crippen LogP contribution in [0.5, 0.6) is 0 Å². The Morgan fingerprint density at radius 3 is 2.71 bits per heavy atom. The lowest BCUT2D eigenvalue weighted by Crippen LogP contribution is -2.44. The number of carbonyl (C=O) groups is 2. The Kier molecular flexibility index (Phi) is 3.23. The smallest absolute Gasteiger partial charge is 0.326 e. The maximum Gasteiger partial charge on any atom is 0.326 e. The van der Waals surface area contributed by atoms with E-state index in [1.54, 1.807) is 6.92 Å². The summed E-state index contributed by atoms with van der Waals surface area (Å²) < 4.78 is 3.90. The summed E-state index contributed by atoms with van der Waals surface area (Å²) in [5, 5.41) is 14.2. The van der Waals surface area contributed by atoms with Crippen LogP contribution in [0.1, 0.15) is 18.7 Å². The van der Waals surface area contributed by atoms with E-state index in [0.29, 0.717) is 11.0 Å². The number of nitrogens with one attached hydrogen (secondary N) is 2. The molecule has 1 atom stereocenters. The molecule has 7 nitrogen and oxygen atoms in total. The number of rotatable bonds is 4. The highest BCUT2D eigenvalue weighted by Gasteiger charge is 2.37. The van der Waals surface area contributed by atoms with Gasteiger partial charge >= 0.3 is 12.0 Å². The van der Waals surface area contributed by atoms with Crippen LogP contribution in [0.4, 0.5) is 9.93 Å². The SMILES string of the molecule is Cc1nsc(NC(=O)NC(C(=O)O)C2CC2)n1. The van der Waals surface area contributed by atoms with Gasteiger partial charge < -0.3 is 10.4 Å². The molecule has 0 aliphatic heterocycles. The van der Waals surface area contributed by atoms with Crippen LogP contribution in [0.3, 0.4) is 0 Å². The van der Waals surface area contributed by atoms with Crippen molar-refractivity contribution in [3.8, 4) is 0 Å². The zero-order valence-corrected chi connectivity index (χ0v) is 9.95. The molecule has 1 heterocycles. The zero-order valence-electron chi connectivity index (χ0n) is 9.14. The summed E-state index contributed by atoms with van der Waals surface area (Å²) in [5.74, 6) is -0.382. The van der Waals surface area contributed by atoms with Gasteiger partial charge in [0.1, 0.15) is 11.9 Å². The molecule has 0 aromatic carbocycles. The minimum absolute atomic E-state index is 0.0504. The van der Waals surface area contributed by atoms with Gasteiger partial charge in [-0.15, -0.1) is 0 Å². The van der Waals surface area contributed by atoms with Crippen molar-refractivity contribution >= 4 is 28.7 Å². The van der Waals surface area contributed by atoms with E-state index in [1.807, 2.05) is 0 Å². The summed E-state index contributed by atoms with van der Waals surface area (Å²) in [6, 6.07) is -1.37. The lowest BCUT2D eigenvalue weighted by Gasteiger charge is -2.12. The molecular formula is C9H12N4O3S. The van der Waals surface area contributed by atoms with E-state index >= 15 is 0 Å². The molecular weight excluding hydrogens is 244 g/mol. The van der Waals surface area contributed by atoms with Crippen molar-refractivity contribution < 1.29 is 14.7 Å². The van der Waals surface area contributed by atoms with Gasteiger partial charge in [0.25, 0.3) is 0 Å². The van der Waals surface area contributed by atoms with Crippen molar-refractivity contribution in [2.45, 2.75) is 25.8 Å². The predicted octanol–water partition coefficient (Wildman–Crippen LogP) is 0.831. The van der Waals surface area contributed by atoms with Crippen molar-refractivity contribution in [1.29, 1.82) is 0 Å². The molecule has 1 saturated carbocycles. The molecule has 1 aliphatic carbocycles. The minimum atomic E-state index is -1.00. The third-order valence-electron chi connectivity index (χ3n) is 2.39. The van der Waals surface area contributed by atoms with E-state index in [-0.39, 0.29) is 5.92 Å². The van der Waals surface area contributed by atoms with Gasteiger partial charge in [-0.25, -0.2) is 14.6 Å². The van der Waals surface area contributed by atoms with E-state index in [2.05, 4.69) is 20.0 Å². The fourth-order valence-corrected chi connectivity index (χ4v) is 2.00. The number of urea groups is 1. The van der Waals surface area contributed by atoms with Gasteiger partial charge in [0, 0.05) is 11.5 Å². The van der Waals surface area contributed by atoms with Gasteiger partial charge in [-0.3, -0.25) is 5.32 Å². The third kappa shape index (κ3) is 3.13. The molecule has 1 fully saturated rings. The summed E-state index contributed by atoms with van der Waals surface area (Å²) in [6.45, 7) is 1.71. The first-order chi connectivity index (χ1) is 8.06. The van der Waals surface area contributed by atoms with Crippen LogP contribution < -0.4 is 10.6 Å². The second-order valence-electron chi connectivity index (χ2n) is 3.90. The number of hydrogen-bond acceptors (Lipinski definition) is 5. The molecule has 1 aliphatic rings. The molecule has 17 heavy (non-hydrogen) atoms. The van der Waals surface area contributed by atoms with E-state index in [0.717, 1.165) is 24.4 Å². The summed E-state index contributed by atoms with van der Waals surface area (Å²) in [4.78, 5) is 26.4. The Morgan fingerprint density at radius 2 is 2.24 bits per heavy atom. The maximum atomic E-state index is 11.5. The van der Waals surface area contributed by atoms with Gasteiger partial charge in [0.2, 0.25) is 5.13 Å². The number of nitrogens with zero attached hydrogens (tertiary/aromatic N) is 2. The predicted molar refractivity (Wildman–Crippen MR) is 60.9 cm³/mol. The number of amides is 2. The first-order valence-electron chi connectivity index (χ1n) is 5.17. The van der Waals surface area contributed by atoms with Crippen molar-refractivity contribution in [3.63, 3.8) is 0 Å². The Hall–Kier alpha value is -1.70. The molecule has 2 rings (SSSR count). The molecule has 0 saturated heterocycles. The van der Waals surface area contributed by atoms with Crippen LogP contribution in [0.2, 0.25) is 0 Å². The van der Waals surface area contributed by atoms with Gasteiger partial charge in [-0.2, -0.15) is 4.37 Å². The Balaban J connectivity index is 1.89. The number of carboxylic acids is 1. The molecule has 0 bridgehead atoms. The van der Waals surface area contributed by atoms with Crippen molar-refractivity contribution in [1.82, 2.24) is 14.7 Å². The highest BCUT2D eigenvalue weighted by Crippen LogP contribution is 2.32. The standard InChI is InChI=1S/C9H12N4O3S/c1-4-10-9(17-13-4)12-8(16)11-6(7(14)15)5-2-3-5/h5-6H,2-3H2,1H3,(H,14,15)(H2,10,11,12,13,16). The van der Waals surface area contributed by atoms with Crippen LogP contribution in [0, 0.1) is 12.8 Å². The van der Waals surface area contributed by atoms with Crippen molar-refractivity contribution in [2.24, 2.45) is 5.92 Å². The fourth-order valence-electron chi connectivity index (χ4n) is 1.43. The highest BCUT2D eigenvalue weighted by molar-refractivity contribution is 7.09. The van der Waals surface area contributed by atoms with Gasteiger partial charge in [-0.1, -0.05) is 0 Å². The Bertz CT molecular complexity index is 443. The first kappa shape index (κ1) is 11.8. The molecule has 1 unspecified atom stereocenters. The number of aryl methyl sites for hydroxylation is 1. The van der Waals surface area contributed by atoms with E-state index in [1.165, 1.54) is 0 Å². The fraction of sp³-hybridized carbons (Fsp3) is 0.556. The van der Waals surface area contributed by atoms with Crippen LogP contribution >= 0.6 is 11.5 Å². The van der Waals surface area contributed by atoms with Gasteiger partial charge in [-0.05, 0) is 25.7 Å². The second kappa shape index (κ2) is 4.66. The summed E-state index contributed by atoms with van der Waals surface area (Å²) in [7, 11) is 0. The van der Waals surface area contributed by atoms with Gasteiger partial charge in [0.05, 0.1) is 0 Å². The normalized spacial score (nSPS) is 16.3. The topological polar surface area (TPSA) is 104 Å². The zero-order chi connectivity index (χ0) is 12.4. The van der Waals surface area contributed by atoms with Crippen molar-refractivity contribution in [3.05, 3.63) is 5.82 Å². The first-order valence-corrected chi connectivity index (χ1v) is 5.94. The Morgan fingerprint density at radius 1 is 1.53 bits per heavy atom. The molecule has 2 amide bonds. The average Bonchev–Trinajstić information content (AvgIpc) is 3.00. The second-order valence-corrected chi connectivity index (χ2v) is 4.65. The summed E-state index contributed by atoms with van der Waals surface area (Å²) >= 11 is 1.06. The van der Waals surface area contributed by atoms with Crippen LogP contribution in [0.25, 0.3) is 0 Å². The monoisotopic (exact) mass is 256 g/mol. The number of anilines is 1. The number of carboxylic acid groups (broad SMARTS) is 1. The van der Waals surface area contributed by atoms with Crippen molar-refractivity contribution in [2.75, 3.05) is 5.32 Å². The van der Waals surface area contributed by atoms with E-state index < -0.39 is 18.0 Å². The quantitative estimate of drug-likeness (QED) is 0.740. The molecule has 92 valence electrons. The number of aliphatic carboxylic acids is 1. The van der Waals surface area contributed by atoms with E-state index in [4.69, 9.17) is 5.11 Å². The van der Waals surface area contributed by atoms with Crippen LogP contribution in [0.15, 0.2) is 0 Å². The van der Waals surface area contributed by atoms with Gasteiger partial charge in [0.15, 0.2) is 0 Å². The van der Waals surface area contributed by atoms with E-state index in [9.17, 15) is 9.59 Å². The number of hydrogen-bond donors (Lipinski definition) is 3. The molecule has 0 spiro atoms. The summed E-state index contributed by atoms with van der Waals surface area (Å²) in [6.07, 6.45) is 1.68. The molecule has 8 heteroatoms. The largest absolute Gasteiger partial charge is 0.480 e. The minimum Gasteiger partial charge on any atom is -0.480 e. The lowest BCUT2D eigenvalue weighted by atomic mass is 10.2. The molecule has 0 radical (unpaired) electrons. The number of aromatic nitrogens is 2. The molecule has 3 N–H and O–H groups in total. The lowest BCUT2D eigenvalue weighted by molar-refractivity contribution is -0.139. The highest BCUT2D eigenvalue weighted by atomic mass is 32.1. The van der Waals surface area contributed by atoms with Crippen LogP contribution in [-0.4, -0.2) is 32.5 Å².